The molecule has 0 atom stereocenters. The number of amides is 1. The summed E-state index contributed by atoms with van der Waals surface area (Å²) in [7, 11) is 0. The zero-order valence-corrected chi connectivity index (χ0v) is 14.2. The van der Waals surface area contributed by atoms with E-state index in [4.69, 9.17) is 9.84 Å². The maximum Gasteiger partial charge on any atom is 0.407 e. The fraction of sp³-hybridized carbons (Fsp3) is 0.286. The van der Waals surface area contributed by atoms with E-state index in [1.807, 2.05) is 54.6 Å². The fourth-order valence-corrected chi connectivity index (χ4v) is 2.29. The molecule has 2 aromatic rings. The Morgan fingerprint density at radius 1 is 1.08 bits per heavy atom. The molecular formula is C21H23NO3. The molecule has 2 N–H and O–H groups in total. The van der Waals surface area contributed by atoms with Gasteiger partial charge in [-0.3, -0.25) is 0 Å². The molecule has 0 unspecified atom stereocenters. The number of ether oxygens (including phenoxy) is 1. The molecule has 2 rings (SSSR count). The Bertz CT molecular complexity index is 717. The van der Waals surface area contributed by atoms with E-state index in [0.717, 1.165) is 29.5 Å². The summed E-state index contributed by atoms with van der Waals surface area (Å²) in [5.74, 6) is 6.19. The first-order valence-corrected chi connectivity index (χ1v) is 8.42. The van der Waals surface area contributed by atoms with Crippen molar-refractivity contribution >= 4 is 6.09 Å². The van der Waals surface area contributed by atoms with Gasteiger partial charge in [0.2, 0.25) is 0 Å². The molecule has 0 aliphatic carbocycles. The van der Waals surface area contributed by atoms with Crippen molar-refractivity contribution in [1.82, 2.24) is 5.32 Å². The van der Waals surface area contributed by atoms with Gasteiger partial charge in [-0.05, 0) is 30.0 Å². The molecule has 1 amide bonds. The second-order valence-electron chi connectivity index (χ2n) is 5.52. The normalized spacial score (nSPS) is 9.80. The molecule has 0 heterocycles. The minimum Gasteiger partial charge on any atom is -0.445 e. The highest BCUT2D eigenvalue weighted by molar-refractivity contribution is 5.67. The van der Waals surface area contributed by atoms with Crippen molar-refractivity contribution < 1.29 is 14.6 Å². The van der Waals surface area contributed by atoms with Crippen molar-refractivity contribution in [2.45, 2.75) is 25.9 Å². The summed E-state index contributed by atoms with van der Waals surface area (Å²) >= 11 is 0. The quantitative estimate of drug-likeness (QED) is 0.602. The fourth-order valence-electron chi connectivity index (χ4n) is 2.29. The van der Waals surface area contributed by atoms with Gasteiger partial charge in [-0.2, -0.15) is 0 Å². The van der Waals surface area contributed by atoms with Gasteiger partial charge in [0.05, 0.1) is 0 Å². The highest BCUT2D eigenvalue weighted by Crippen LogP contribution is 2.09. The first-order chi connectivity index (χ1) is 12.3. The third-order valence-electron chi connectivity index (χ3n) is 3.58. The van der Waals surface area contributed by atoms with Crippen molar-refractivity contribution in [2.24, 2.45) is 0 Å². The smallest absolute Gasteiger partial charge is 0.407 e. The van der Waals surface area contributed by atoms with E-state index >= 15 is 0 Å². The Morgan fingerprint density at radius 3 is 2.64 bits per heavy atom. The number of nitrogens with one attached hydrogen (secondary N) is 1. The molecule has 0 aliphatic rings. The van der Waals surface area contributed by atoms with Crippen molar-refractivity contribution in [3.05, 3.63) is 71.3 Å². The standard InChI is InChI=1S/C21H23NO3/c23-16-8-14-20-12-5-4-11-19(20)13-6-7-15-22-21(24)25-17-18-9-2-1-3-10-18/h1-5,9-12,23H,7-8,14-17H2,(H,22,24). The molecule has 0 aliphatic heterocycles. The molecule has 0 spiro atoms. The van der Waals surface area contributed by atoms with Crippen LogP contribution in [-0.4, -0.2) is 24.4 Å². The zero-order valence-electron chi connectivity index (χ0n) is 14.2. The Kier molecular flexibility index (Phi) is 8.10. The van der Waals surface area contributed by atoms with Gasteiger partial charge in [0, 0.05) is 25.1 Å². The summed E-state index contributed by atoms with van der Waals surface area (Å²) in [6.45, 7) is 0.882. The number of benzene rings is 2. The maximum absolute atomic E-state index is 11.6. The molecule has 4 heteroatoms. The van der Waals surface area contributed by atoms with Gasteiger partial charge in [-0.1, -0.05) is 60.4 Å². The van der Waals surface area contributed by atoms with Crippen LogP contribution in [0.2, 0.25) is 0 Å². The minimum absolute atomic E-state index is 0.177. The second-order valence-corrected chi connectivity index (χ2v) is 5.52. The van der Waals surface area contributed by atoms with Crippen LogP contribution in [0.25, 0.3) is 0 Å². The van der Waals surface area contributed by atoms with Crippen LogP contribution < -0.4 is 5.32 Å². The number of aliphatic hydroxyl groups is 1. The SMILES string of the molecule is O=C(NCCC#Cc1ccccc1CCCO)OCc1ccccc1. The molecule has 0 saturated carbocycles. The van der Waals surface area contributed by atoms with Gasteiger partial charge in [0.1, 0.15) is 6.61 Å². The highest BCUT2D eigenvalue weighted by Gasteiger charge is 2.01. The molecule has 0 fully saturated rings. The van der Waals surface area contributed by atoms with E-state index in [1.165, 1.54) is 0 Å². The van der Waals surface area contributed by atoms with Crippen LogP contribution in [-0.2, 0) is 17.8 Å². The van der Waals surface area contributed by atoms with E-state index < -0.39 is 6.09 Å². The first-order valence-electron chi connectivity index (χ1n) is 8.42. The first kappa shape index (κ1) is 18.6. The zero-order chi connectivity index (χ0) is 17.7. The van der Waals surface area contributed by atoms with Crippen LogP contribution in [0.1, 0.15) is 29.5 Å². The molecule has 25 heavy (non-hydrogen) atoms. The van der Waals surface area contributed by atoms with Crippen LogP contribution in [0.5, 0.6) is 0 Å². The van der Waals surface area contributed by atoms with Gasteiger partial charge in [0.15, 0.2) is 0 Å². The number of rotatable bonds is 7. The van der Waals surface area contributed by atoms with Crippen molar-refractivity contribution in [3.63, 3.8) is 0 Å². The lowest BCUT2D eigenvalue weighted by Crippen LogP contribution is -2.24. The van der Waals surface area contributed by atoms with E-state index in [-0.39, 0.29) is 13.2 Å². The Morgan fingerprint density at radius 2 is 1.84 bits per heavy atom. The summed E-state index contributed by atoms with van der Waals surface area (Å²) < 4.78 is 5.13. The molecule has 130 valence electrons. The third-order valence-corrected chi connectivity index (χ3v) is 3.58. The molecule has 0 bridgehead atoms. The number of aryl methyl sites for hydroxylation is 1. The number of carbonyl (C=O) groups excluding carboxylic acids is 1. The van der Waals surface area contributed by atoms with Crippen LogP contribution in [0.3, 0.4) is 0 Å². The van der Waals surface area contributed by atoms with Gasteiger partial charge in [-0.15, -0.1) is 0 Å². The van der Waals surface area contributed by atoms with Gasteiger partial charge in [-0.25, -0.2) is 4.79 Å². The average Bonchev–Trinajstić information content (AvgIpc) is 2.66. The number of aliphatic hydroxyl groups excluding tert-OH is 1. The van der Waals surface area contributed by atoms with Crippen LogP contribution >= 0.6 is 0 Å². The number of hydrogen-bond donors (Lipinski definition) is 2. The van der Waals surface area contributed by atoms with E-state index in [2.05, 4.69) is 17.2 Å². The lowest BCUT2D eigenvalue weighted by molar-refractivity contribution is 0.140. The molecule has 2 aromatic carbocycles. The van der Waals surface area contributed by atoms with Crippen molar-refractivity contribution in [1.29, 1.82) is 0 Å². The summed E-state index contributed by atoms with van der Waals surface area (Å²) in [6, 6.07) is 17.5. The average molecular weight is 337 g/mol. The van der Waals surface area contributed by atoms with Crippen molar-refractivity contribution in [2.75, 3.05) is 13.2 Å². The number of alkyl carbamates (subject to hydrolysis) is 1. The summed E-state index contributed by atoms with van der Waals surface area (Å²) in [4.78, 5) is 11.6. The molecule has 4 nitrogen and oxygen atoms in total. The topological polar surface area (TPSA) is 58.6 Å². The van der Waals surface area contributed by atoms with E-state index in [1.54, 1.807) is 0 Å². The Hall–Kier alpha value is -2.77. The lowest BCUT2D eigenvalue weighted by atomic mass is 10.0. The lowest BCUT2D eigenvalue weighted by Gasteiger charge is -2.05. The largest absolute Gasteiger partial charge is 0.445 e. The Labute approximate surface area is 148 Å². The van der Waals surface area contributed by atoms with Crippen molar-refractivity contribution in [3.8, 4) is 11.8 Å². The van der Waals surface area contributed by atoms with E-state index in [9.17, 15) is 4.79 Å². The summed E-state index contributed by atoms with van der Waals surface area (Å²) in [5, 5.41) is 11.6. The van der Waals surface area contributed by atoms with Gasteiger partial charge in [0.25, 0.3) is 0 Å². The van der Waals surface area contributed by atoms with E-state index in [0.29, 0.717) is 13.0 Å². The van der Waals surface area contributed by atoms with Crippen LogP contribution in [0, 0.1) is 11.8 Å². The number of carbonyl (C=O) groups is 1. The van der Waals surface area contributed by atoms with Crippen LogP contribution in [0.15, 0.2) is 54.6 Å². The predicted molar refractivity (Wildman–Crippen MR) is 98.0 cm³/mol. The summed E-state index contributed by atoms with van der Waals surface area (Å²) in [5.41, 5.74) is 3.07. The molecule has 0 radical (unpaired) electrons. The third kappa shape index (κ3) is 7.11. The molecule has 0 aromatic heterocycles. The molecule has 0 saturated heterocycles. The minimum atomic E-state index is -0.436. The predicted octanol–water partition coefficient (Wildman–Crippen LogP) is 3.28. The van der Waals surface area contributed by atoms with Crippen LogP contribution in [0.4, 0.5) is 4.79 Å². The summed E-state index contributed by atoms with van der Waals surface area (Å²) in [6.07, 6.45) is 1.65. The monoisotopic (exact) mass is 337 g/mol. The van der Waals surface area contributed by atoms with Gasteiger partial charge >= 0.3 is 6.09 Å². The highest BCUT2D eigenvalue weighted by atomic mass is 16.5. The molecular weight excluding hydrogens is 314 g/mol. The number of hydrogen-bond acceptors (Lipinski definition) is 3. The Balaban J connectivity index is 1.71. The maximum atomic E-state index is 11.6. The van der Waals surface area contributed by atoms with Gasteiger partial charge < -0.3 is 15.2 Å². The second kappa shape index (κ2) is 10.9.